The van der Waals surface area contributed by atoms with Gasteiger partial charge in [0, 0.05) is 23.2 Å². The van der Waals surface area contributed by atoms with E-state index in [2.05, 4.69) is 17.1 Å². The maximum Gasteiger partial charge on any atom is 0.325 e. The Morgan fingerprint density at radius 3 is 2.63 bits per heavy atom. The van der Waals surface area contributed by atoms with Crippen molar-refractivity contribution in [3.63, 3.8) is 0 Å². The lowest BCUT2D eigenvalue weighted by Crippen LogP contribution is -2.61. The Bertz CT molecular complexity index is 1110. The normalized spacial score (nSPS) is 35.8. The van der Waals surface area contributed by atoms with Crippen LogP contribution in [0.1, 0.15) is 71.6 Å². The van der Waals surface area contributed by atoms with Gasteiger partial charge in [0.15, 0.2) is 12.4 Å². The molecule has 228 valence electrons. The summed E-state index contributed by atoms with van der Waals surface area (Å²) in [5, 5.41) is 42.1. The van der Waals surface area contributed by atoms with Gasteiger partial charge < -0.3 is 20.3 Å². The average Bonchev–Trinajstić information content (AvgIpc) is 3.18. The summed E-state index contributed by atoms with van der Waals surface area (Å²) < 4.78 is 5.12. The van der Waals surface area contributed by atoms with Gasteiger partial charge in [-0.1, -0.05) is 31.9 Å². The highest BCUT2D eigenvalue weighted by molar-refractivity contribution is 6.01. The van der Waals surface area contributed by atoms with E-state index in [0.717, 1.165) is 18.4 Å². The van der Waals surface area contributed by atoms with Crippen LogP contribution in [0.3, 0.4) is 0 Å². The number of allylic oxidation sites excluding steroid dienone is 4. The number of amides is 1. The number of carbonyl (C=O) groups excluding carboxylic acids is 4. The third-order valence-corrected chi connectivity index (χ3v) is 10.2. The zero-order valence-corrected chi connectivity index (χ0v) is 23.7. The van der Waals surface area contributed by atoms with Crippen molar-refractivity contribution in [2.24, 2.45) is 28.6 Å². The molecule has 0 aromatic carbocycles. The van der Waals surface area contributed by atoms with E-state index in [1.54, 1.807) is 12.2 Å². The van der Waals surface area contributed by atoms with Crippen molar-refractivity contribution >= 4 is 23.4 Å². The van der Waals surface area contributed by atoms with Crippen molar-refractivity contribution in [2.45, 2.75) is 83.3 Å². The summed E-state index contributed by atoms with van der Waals surface area (Å²) in [6.45, 7) is 2.96. The molecule has 1 amide bonds. The number of ether oxygens (including phenoxy) is 1. The third-order valence-electron chi connectivity index (χ3n) is 10.2. The van der Waals surface area contributed by atoms with Gasteiger partial charge in [-0.2, -0.15) is 0 Å². The first kappa shape index (κ1) is 31.5. The lowest BCUT2D eigenvalue weighted by Gasteiger charge is -2.59. The van der Waals surface area contributed by atoms with Gasteiger partial charge in [0.2, 0.25) is 11.7 Å². The summed E-state index contributed by atoms with van der Waals surface area (Å²) >= 11 is 0. The number of aliphatic hydroxyl groups excluding tert-OH is 1. The highest BCUT2D eigenvalue weighted by atomic mass is 17.1. The van der Waals surface area contributed by atoms with Crippen LogP contribution in [0.25, 0.3) is 0 Å². The quantitative estimate of drug-likeness (QED) is 0.129. The lowest BCUT2D eigenvalue weighted by atomic mass is 9.46. The number of carbonyl (C=O) groups is 4. The second-order valence-electron chi connectivity index (χ2n) is 12.4. The molecule has 0 aromatic heterocycles. The van der Waals surface area contributed by atoms with Crippen LogP contribution in [0.5, 0.6) is 0 Å². The highest BCUT2D eigenvalue weighted by Gasteiger charge is 2.68. The Balaban J connectivity index is 1.28. The molecule has 5 N–H and O–H groups in total. The number of esters is 1. The van der Waals surface area contributed by atoms with E-state index >= 15 is 0 Å². The molecule has 0 saturated heterocycles. The molecule has 0 aromatic rings. The number of hydrogen-bond donors (Lipinski definition) is 5. The van der Waals surface area contributed by atoms with Crippen LogP contribution in [0.15, 0.2) is 23.8 Å². The molecule has 4 aliphatic carbocycles. The molecule has 4 aliphatic rings. The largest absolute Gasteiger partial charge is 0.456 e. The van der Waals surface area contributed by atoms with E-state index in [1.165, 1.54) is 0 Å². The molecule has 12 heteroatoms. The van der Waals surface area contributed by atoms with Crippen molar-refractivity contribution in [1.29, 1.82) is 0 Å². The highest BCUT2D eigenvalue weighted by Crippen LogP contribution is 2.67. The van der Waals surface area contributed by atoms with E-state index in [0.29, 0.717) is 25.7 Å². The fourth-order valence-corrected chi connectivity index (χ4v) is 8.07. The number of fused-ring (bicyclic) bond motifs is 5. The predicted molar refractivity (Wildman–Crippen MR) is 142 cm³/mol. The molecule has 3 saturated carbocycles. The molecule has 0 bridgehead atoms. The zero-order valence-electron chi connectivity index (χ0n) is 23.7. The van der Waals surface area contributed by atoms with E-state index < -0.39 is 47.4 Å². The minimum Gasteiger partial charge on any atom is -0.456 e. The van der Waals surface area contributed by atoms with Crippen molar-refractivity contribution in [3.8, 4) is 0 Å². The van der Waals surface area contributed by atoms with Gasteiger partial charge in [-0.25, -0.2) is 0 Å². The number of nitrogens with one attached hydrogen (secondary N) is 1. The molecule has 3 fully saturated rings. The second-order valence-corrected chi connectivity index (χ2v) is 12.4. The van der Waals surface area contributed by atoms with Crippen molar-refractivity contribution < 1.29 is 49.4 Å². The molecule has 0 spiro atoms. The maximum absolute atomic E-state index is 13.3. The number of Topliss-reactive ketones (excluding diaryl/α,β-unsaturated/α-hetero) is 1. The molecule has 0 radical (unpaired) electrons. The van der Waals surface area contributed by atoms with Crippen LogP contribution >= 0.6 is 0 Å². The number of unbranched alkanes of at least 4 members (excludes halogenated alkanes) is 2. The number of rotatable bonds is 12. The Labute approximate surface area is 239 Å². The molecular weight excluding hydrogens is 536 g/mol. The van der Waals surface area contributed by atoms with Gasteiger partial charge >= 0.3 is 5.97 Å². The van der Waals surface area contributed by atoms with Gasteiger partial charge in [-0.15, -0.1) is 0 Å². The van der Waals surface area contributed by atoms with E-state index in [9.17, 15) is 29.4 Å². The van der Waals surface area contributed by atoms with Crippen LogP contribution in [0, 0.1) is 28.6 Å². The van der Waals surface area contributed by atoms with Crippen LogP contribution < -0.4 is 5.32 Å². The maximum atomic E-state index is 13.3. The van der Waals surface area contributed by atoms with Gasteiger partial charge in [-0.05, 0) is 68.9 Å². The number of ketones is 2. The van der Waals surface area contributed by atoms with E-state index in [1.807, 2.05) is 13.0 Å². The van der Waals surface area contributed by atoms with Crippen molar-refractivity contribution in [3.05, 3.63) is 23.8 Å². The Hall–Kier alpha value is -2.48. The van der Waals surface area contributed by atoms with Gasteiger partial charge in [0.25, 0.3) is 0 Å². The van der Waals surface area contributed by atoms with Crippen LogP contribution in [-0.2, 0) is 28.8 Å². The second kappa shape index (κ2) is 12.4. The molecule has 12 nitrogen and oxygen atoms in total. The van der Waals surface area contributed by atoms with E-state index in [-0.39, 0.29) is 60.7 Å². The van der Waals surface area contributed by atoms with Crippen LogP contribution in [0.4, 0.5) is 0 Å². The van der Waals surface area contributed by atoms with Gasteiger partial charge in [-0.3, -0.25) is 34.4 Å². The smallest absolute Gasteiger partial charge is 0.325 e. The summed E-state index contributed by atoms with van der Waals surface area (Å²) in [4.78, 5) is 53.9. The standard InChI is InChI=1S/C29H42N2O10/c1-27-11-9-19(32)14-18(27)7-8-20-21-10-12-29(37,28(21,2)15-22(33)26(20)27)23(34)17-40-25(36)16-30-24(35)6-4-3-5-13-41-31(38)39/h9,11,14,20-22,26,33,37-39H,3-8,10,12-13,15-17H2,1-2H3,(H,30,35)/t20-,21-,22-,26?,27-,28-,29-/m0/s1. The summed E-state index contributed by atoms with van der Waals surface area (Å²) in [5.74, 6) is -1.88. The van der Waals surface area contributed by atoms with Crippen molar-refractivity contribution in [1.82, 2.24) is 10.7 Å². The molecule has 7 atom stereocenters. The average molecular weight is 579 g/mol. The summed E-state index contributed by atoms with van der Waals surface area (Å²) in [6.07, 6.45) is 8.68. The molecular formula is C29H42N2O10. The van der Waals surface area contributed by atoms with E-state index in [4.69, 9.17) is 15.2 Å². The zero-order chi connectivity index (χ0) is 30.0. The molecule has 4 rings (SSSR count). The SMILES string of the molecule is C[C@]12C=CC(=O)C=C1CC[C@@H]1C2[C@@H](O)C[C@@]2(C)[C@H]1CC[C@]2(O)C(=O)COC(=O)CNC(=O)CCCCCON(O)O. The summed E-state index contributed by atoms with van der Waals surface area (Å²) in [6, 6.07) is 0. The molecule has 41 heavy (non-hydrogen) atoms. The first-order valence-electron chi connectivity index (χ1n) is 14.4. The Kier molecular flexibility index (Phi) is 9.52. The summed E-state index contributed by atoms with van der Waals surface area (Å²) in [7, 11) is 0. The minimum atomic E-state index is -1.75. The first-order valence-corrected chi connectivity index (χ1v) is 14.4. The lowest BCUT2D eigenvalue weighted by molar-refractivity contribution is -0.492. The van der Waals surface area contributed by atoms with Crippen LogP contribution in [-0.4, -0.2) is 80.9 Å². The Morgan fingerprint density at radius 1 is 1.15 bits per heavy atom. The van der Waals surface area contributed by atoms with Crippen molar-refractivity contribution in [2.75, 3.05) is 19.8 Å². The monoisotopic (exact) mass is 578 g/mol. The number of hydrogen-bond acceptors (Lipinski definition) is 11. The molecule has 0 heterocycles. The topological polar surface area (TPSA) is 183 Å². The fraction of sp³-hybridized carbons (Fsp3) is 0.724. The first-order chi connectivity index (χ1) is 19.3. The number of aliphatic hydroxyl groups is 2. The molecule has 1 unspecified atom stereocenters. The third kappa shape index (κ3) is 6.18. The Morgan fingerprint density at radius 2 is 1.90 bits per heavy atom. The predicted octanol–water partition coefficient (Wildman–Crippen LogP) is 1.80. The minimum absolute atomic E-state index is 0.0120. The van der Waals surface area contributed by atoms with Gasteiger partial charge in [0.1, 0.15) is 12.1 Å². The van der Waals surface area contributed by atoms with Gasteiger partial charge in [0.05, 0.1) is 18.1 Å². The molecule has 0 aliphatic heterocycles. The van der Waals surface area contributed by atoms with Crippen LogP contribution in [0.2, 0.25) is 0 Å². The number of nitrogens with zero attached hydrogens (tertiary/aromatic N) is 1. The fourth-order valence-electron chi connectivity index (χ4n) is 8.07. The summed E-state index contributed by atoms with van der Waals surface area (Å²) in [5.41, 5.74) is -2.06.